The van der Waals surface area contributed by atoms with Gasteiger partial charge in [0.05, 0.1) is 18.2 Å². The molecule has 2 aromatic rings. The monoisotopic (exact) mass is 347 g/mol. The average molecular weight is 347 g/mol. The highest BCUT2D eigenvalue weighted by Gasteiger charge is 2.33. The van der Waals surface area contributed by atoms with Crippen molar-refractivity contribution in [3.8, 4) is 0 Å². The lowest BCUT2D eigenvalue weighted by atomic mass is 9.99. The highest BCUT2D eigenvalue weighted by molar-refractivity contribution is 6.35. The van der Waals surface area contributed by atoms with Gasteiger partial charge in [-0.05, 0) is 29.8 Å². The van der Waals surface area contributed by atoms with Crippen LogP contribution in [0.5, 0.6) is 0 Å². The van der Waals surface area contributed by atoms with Crippen molar-refractivity contribution in [1.29, 1.82) is 0 Å². The van der Waals surface area contributed by atoms with E-state index in [0.717, 1.165) is 6.07 Å². The van der Waals surface area contributed by atoms with E-state index in [-0.39, 0.29) is 16.7 Å². The molecule has 7 heteroatoms. The predicted molar refractivity (Wildman–Crippen MR) is 85.7 cm³/mol. The highest BCUT2D eigenvalue weighted by atomic mass is 19.4. The number of esters is 1. The number of fused-ring (bicyclic) bond motifs is 1. The lowest BCUT2D eigenvalue weighted by Gasteiger charge is -2.10. The summed E-state index contributed by atoms with van der Waals surface area (Å²) in [4.78, 5) is 23.7. The Morgan fingerprint density at radius 3 is 2.56 bits per heavy atom. The molecule has 0 fully saturated rings. The van der Waals surface area contributed by atoms with Gasteiger partial charge in [-0.3, -0.25) is 4.79 Å². The van der Waals surface area contributed by atoms with E-state index in [1.165, 1.54) is 49.6 Å². The van der Waals surface area contributed by atoms with Crippen LogP contribution in [0.25, 0.3) is 11.6 Å². The lowest BCUT2D eigenvalue weighted by Crippen LogP contribution is -2.08. The first-order chi connectivity index (χ1) is 11.8. The molecule has 0 atom stereocenters. The number of amides is 1. The van der Waals surface area contributed by atoms with Gasteiger partial charge in [0.2, 0.25) is 0 Å². The Balaban J connectivity index is 2.08. The number of hydrogen-bond donors (Lipinski definition) is 1. The average Bonchev–Trinajstić information content (AvgIpc) is 2.88. The number of carbonyl (C=O) groups excluding carboxylic acids is 2. The predicted octanol–water partition coefficient (Wildman–Crippen LogP) is 3.98. The molecule has 0 saturated carbocycles. The first-order valence-electron chi connectivity index (χ1n) is 7.23. The Hall–Kier alpha value is -3.09. The third-order valence-corrected chi connectivity index (χ3v) is 3.79. The van der Waals surface area contributed by atoms with Crippen LogP contribution in [0.1, 0.15) is 27.0 Å². The topological polar surface area (TPSA) is 55.4 Å². The van der Waals surface area contributed by atoms with Crippen LogP contribution in [0.2, 0.25) is 0 Å². The van der Waals surface area contributed by atoms with E-state index in [0.29, 0.717) is 11.3 Å². The van der Waals surface area contributed by atoms with Crippen molar-refractivity contribution in [1.82, 2.24) is 0 Å². The maximum atomic E-state index is 13.1. The maximum Gasteiger partial charge on any atom is 0.416 e. The standard InChI is InChI=1S/C18H12F3NO3/c1-25-17(24)11-6-7-12-13(16(23)22-15(12)9-11)8-10-4-2-3-5-14(10)18(19,20)21/h2-9H,1H3,(H,22,23)/b13-8+. The Bertz CT molecular complexity index is 901. The van der Waals surface area contributed by atoms with Gasteiger partial charge >= 0.3 is 12.1 Å². The van der Waals surface area contributed by atoms with Crippen LogP contribution in [0.3, 0.4) is 0 Å². The number of benzene rings is 2. The van der Waals surface area contributed by atoms with E-state index in [1.807, 2.05) is 0 Å². The van der Waals surface area contributed by atoms with Gasteiger partial charge in [0.1, 0.15) is 0 Å². The second-order valence-electron chi connectivity index (χ2n) is 5.35. The van der Waals surface area contributed by atoms with Gasteiger partial charge in [-0.25, -0.2) is 4.79 Å². The zero-order valence-electron chi connectivity index (χ0n) is 13.0. The molecular weight excluding hydrogens is 335 g/mol. The van der Waals surface area contributed by atoms with Crippen LogP contribution in [0.15, 0.2) is 42.5 Å². The number of anilines is 1. The van der Waals surface area contributed by atoms with Gasteiger partial charge in [0, 0.05) is 16.8 Å². The number of alkyl halides is 3. The minimum atomic E-state index is -4.53. The molecular formula is C18H12F3NO3. The summed E-state index contributed by atoms with van der Waals surface area (Å²) in [7, 11) is 1.23. The van der Waals surface area contributed by atoms with Crippen LogP contribution in [-0.2, 0) is 15.7 Å². The number of methoxy groups -OCH3 is 1. The molecule has 2 aromatic carbocycles. The lowest BCUT2D eigenvalue weighted by molar-refractivity contribution is -0.137. The molecule has 25 heavy (non-hydrogen) atoms. The minimum Gasteiger partial charge on any atom is -0.465 e. The molecule has 128 valence electrons. The van der Waals surface area contributed by atoms with Crippen molar-refractivity contribution in [2.24, 2.45) is 0 Å². The molecule has 0 aromatic heterocycles. The van der Waals surface area contributed by atoms with Crippen molar-refractivity contribution >= 4 is 29.2 Å². The molecule has 4 nitrogen and oxygen atoms in total. The zero-order valence-corrected chi connectivity index (χ0v) is 13.0. The summed E-state index contributed by atoms with van der Waals surface area (Å²) in [6.07, 6.45) is -3.33. The van der Waals surface area contributed by atoms with Gasteiger partial charge in [-0.15, -0.1) is 0 Å². The van der Waals surface area contributed by atoms with Crippen LogP contribution in [0, 0.1) is 0 Å². The van der Waals surface area contributed by atoms with Crippen LogP contribution in [-0.4, -0.2) is 19.0 Å². The van der Waals surface area contributed by atoms with Gasteiger partial charge in [0.25, 0.3) is 5.91 Å². The SMILES string of the molecule is COC(=O)c1ccc2c(c1)NC(=O)/C2=C/c1ccccc1C(F)(F)F. The fourth-order valence-electron chi connectivity index (χ4n) is 2.62. The van der Waals surface area contributed by atoms with E-state index in [2.05, 4.69) is 10.1 Å². The molecule has 1 heterocycles. The summed E-state index contributed by atoms with van der Waals surface area (Å²) in [5.74, 6) is -1.11. The van der Waals surface area contributed by atoms with Crippen molar-refractivity contribution in [3.05, 3.63) is 64.7 Å². The Labute approximate surface area is 140 Å². The smallest absolute Gasteiger partial charge is 0.416 e. The summed E-state index contributed by atoms with van der Waals surface area (Å²) in [5, 5.41) is 2.55. The molecule has 1 amide bonds. The number of hydrogen-bond acceptors (Lipinski definition) is 3. The number of carbonyl (C=O) groups is 2. The fraction of sp³-hybridized carbons (Fsp3) is 0.111. The van der Waals surface area contributed by atoms with Crippen molar-refractivity contribution < 1.29 is 27.5 Å². The summed E-state index contributed by atoms with van der Waals surface area (Å²) < 4.78 is 44.0. The van der Waals surface area contributed by atoms with Gasteiger partial charge in [0.15, 0.2) is 0 Å². The first kappa shape index (κ1) is 16.8. The van der Waals surface area contributed by atoms with Crippen molar-refractivity contribution in [2.75, 3.05) is 12.4 Å². The fourth-order valence-corrected chi connectivity index (χ4v) is 2.62. The second-order valence-corrected chi connectivity index (χ2v) is 5.35. The number of rotatable bonds is 2. The summed E-state index contributed by atoms with van der Waals surface area (Å²) in [6.45, 7) is 0. The molecule has 0 unspecified atom stereocenters. The van der Waals surface area contributed by atoms with Crippen LogP contribution < -0.4 is 5.32 Å². The number of ether oxygens (including phenoxy) is 1. The molecule has 0 saturated heterocycles. The Morgan fingerprint density at radius 2 is 1.88 bits per heavy atom. The maximum absolute atomic E-state index is 13.1. The number of halogens is 3. The Morgan fingerprint density at radius 1 is 1.16 bits per heavy atom. The van der Waals surface area contributed by atoms with E-state index < -0.39 is 23.6 Å². The molecule has 1 aliphatic rings. The molecule has 3 rings (SSSR count). The molecule has 1 aliphatic heterocycles. The largest absolute Gasteiger partial charge is 0.465 e. The Kier molecular flexibility index (Phi) is 4.08. The summed E-state index contributed by atoms with van der Waals surface area (Å²) in [6, 6.07) is 9.39. The highest BCUT2D eigenvalue weighted by Crippen LogP contribution is 2.37. The van der Waals surface area contributed by atoms with Gasteiger partial charge in [-0.1, -0.05) is 24.3 Å². The van der Waals surface area contributed by atoms with Crippen molar-refractivity contribution in [3.63, 3.8) is 0 Å². The summed E-state index contributed by atoms with van der Waals surface area (Å²) in [5.41, 5.74) is 0.180. The van der Waals surface area contributed by atoms with E-state index >= 15 is 0 Å². The van der Waals surface area contributed by atoms with Crippen LogP contribution in [0.4, 0.5) is 18.9 Å². The van der Waals surface area contributed by atoms with E-state index in [1.54, 1.807) is 0 Å². The number of nitrogens with one attached hydrogen (secondary N) is 1. The first-order valence-corrected chi connectivity index (χ1v) is 7.23. The third kappa shape index (κ3) is 3.13. The van der Waals surface area contributed by atoms with E-state index in [4.69, 9.17) is 0 Å². The van der Waals surface area contributed by atoms with E-state index in [9.17, 15) is 22.8 Å². The third-order valence-electron chi connectivity index (χ3n) is 3.79. The van der Waals surface area contributed by atoms with Gasteiger partial charge in [-0.2, -0.15) is 13.2 Å². The molecule has 0 spiro atoms. The zero-order chi connectivity index (χ0) is 18.2. The second kappa shape index (κ2) is 6.08. The van der Waals surface area contributed by atoms with Gasteiger partial charge < -0.3 is 10.1 Å². The van der Waals surface area contributed by atoms with Crippen LogP contribution >= 0.6 is 0 Å². The minimum absolute atomic E-state index is 0.100. The molecule has 1 N–H and O–H groups in total. The van der Waals surface area contributed by atoms with Crippen molar-refractivity contribution in [2.45, 2.75) is 6.18 Å². The molecule has 0 radical (unpaired) electrons. The summed E-state index contributed by atoms with van der Waals surface area (Å²) >= 11 is 0. The normalized spacial score (nSPS) is 15.0. The molecule has 0 aliphatic carbocycles. The quantitative estimate of drug-likeness (QED) is 0.660. The molecule has 0 bridgehead atoms.